The van der Waals surface area contributed by atoms with Crippen LogP contribution in [0.3, 0.4) is 0 Å². The number of sulfonamides is 1. The molecular weight excluding hydrogens is 270 g/mol. The molecule has 0 bridgehead atoms. The molecule has 1 N–H and O–H groups in total. The van der Waals surface area contributed by atoms with Gasteiger partial charge in [0, 0.05) is 0 Å². The van der Waals surface area contributed by atoms with Crippen molar-refractivity contribution < 1.29 is 22.8 Å². The minimum Gasteiger partial charge on any atom is -0.469 e. The first-order valence-corrected chi connectivity index (χ1v) is 8.33. The van der Waals surface area contributed by atoms with Crippen molar-refractivity contribution in [1.29, 1.82) is 0 Å². The van der Waals surface area contributed by atoms with Gasteiger partial charge in [0.1, 0.15) is 0 Å². The number of rotatable bonds is 5. The van der Waals surface area contributed by atoms with Crippen molar-refractivity contribution in [2.24, 2.45) is 5.92 Å². The summed E-state index contributed by atoms with van der Waals surface area (Å²) < 4.78 is 29.0. The lowest BCUT2D eigenvalue weighted by Gasteiger charge is -2.19. The van der Waals surface area contributed by atoms with E-state index in [2.05, 4.69) is 9.62 Å². The molecule has 0 amide bonds. The molecule has 2 rings (SSSR count). The van der Waals surface area contributed by atoms with Gasteiger partial charge in [-0.1, -0.05) is 24.1 Å². The van der Waals surface area contributed by atoms with Gasteiger partial charge in [-0.05, 0) is 25.7 Å². The highest BCUT2D eigenvalue weighted by Gasteiger charge is 2.42. The quantitative estimate of drug-likeness (QED) is 0.606. The van der Waals surface area contributed by atoms with Crippen molar-refractivity contribution in [2.45, 2.75) is 56.3 Å². The summed E-state index contributed by atoms with van der Waals surface area (Å²) in [5.41, 5.74) is 0. The highest BCUT2D eigenvalue weighted by atomic mass is 32.2. The third-order valence-electron chi connectivity index (χ3n) is 3.99. The number of nitrogens with one attached hydrogen (secondary N) is 1. The van der Waals surface area contributed by atoms with E-state index in [0.29, 0.717) is 12.8 Å². The summed E-state index contributed by atoms with van der Waals surface area (Å²) in [5, 5.41) is -0.735. The molecule has 0 saturated heterocycles. The van der Waals surface area contributed by atoms with Crippen LogP contribution >= 0.6 is 0 Å². The smallest absolute Gasteiger partial charge is 0.310 e. The van der Waals surface area contributed by atoms with Gasteiger partial charge in [-0.3, -0.25) is 9.63 Å². The number of ether oxygens (including phenoxy) is 1. The molecule has 2 fully saturated rings. The third kappa shape index (κ3) is 3.46. The lowest BCUT2D eigenvalue weighted by atomic mass is 10.1. The molecule has 2 unspecified atom stereocenters. The summed E-state index contributed by atoms with van der Waals surface area (Å²) in [7, 11) is -2.34. The van der Waals surface area contributed by atoms with E-state index in [1.807, 2.05) is 0 Å². The summed E-state index contributed by atoms with van der Waals surface area (Å²) in [6.07, 6.45) is 5.62. The van der Waals surface area contributed by atoms with E-state index >= 15 is 0 Å². The first-order chi connectivity index (χ1) is 9.04. The molecular formula is C12H21NO5S. The molecule has 19 heavy (non-hydrogen) atoms. The highest BCUT2D eigenvalue weighted by molar-refractivity contribution is 7.90. The fourth-order valence-corrected chi connectivity index (χ4v) is 4.47. The van der Waals surface area contributed by atoms with E-state index in [9.17, 15) is 13.2 Å². The lowest BCUT2D eigenvalue weighted by Crippen LogP contribution is -2.40. The Bertz CT molecular complexity index is 416. The van der Waals surface area contributed by atoms with Crippen LogP contribution in [0.2, 0.25) is 0 Å². The summed E-state index contributed by atoms with van der Waals surface area (Å²) in [6, 6.07) is 0. The molecule has 7 heteroatoms. The van der Waals surface area contributed by atoms with Crippen LogP contribution in [-0.4, -0.2) is 32.9 Å². The van der Waals surface area contributed by atoms with Crippen molar-refractivity contribution in [2.75, 3.05) is 7.11 Å². The van der Waals surface area contributed by atoms with Gasteiger partial charge in [0.25, 0.3) is 0 Å². The summed E-state index contributed by atoms with van der Waals surface area (Å²) in [6.45, 7) is 0. The molecule has 2 atom stereocenters. The number of carbonyl (C=O) groups excluding carboxylic acids is 1. The van der Waals surface area contributed by atoms with Gasteiger partial charge in [0.05, 0.1) is 24.4 Å². The van der Waals surface area contributed by atoms with Crippen LogP contribution in [0.5, 0.6) is 0 Å². The van der Waals surface area contributed by atoms with Gasteiger partial charge >= 0.3 is 5.97 Å². The first-order valence-electron chi connectivity index (χ1n) is 6.78. The first kappa shape index (κ1) is 14.7. The Hall–Kier alpha value is -0.660. The zero-order chi connectivity index (χ0) is 13.9. The number of carbonyl (C=O) groups is 1. The van der Waals surface area contributed by atoms with E-state index in [4.69, 9.17) is 4.84 Å². The van der Waals surface area contributed by atoms with Crippen molar-refractivity contribution >= 4 is 16.0 Å². The predicted octanol–water partition coefficient (Wildman–Crippen LogP) is 1.12. The Labute approximate surface area is 113 Å². The third-order valence-corrected chi connectivity index (χ3v) is 5.68. The zero-order valence-corrected chi connectivity index (χ0v) is 11.9. The van der Waals surface area contributed by atoms with Crippen LogP contribution in [0.15, 0.2) is 0 Å². The van der Waals surface area contributed by atoms with Gasteiger partial charge in [-0.2, -0.15) is 0 Å². The Morgan fingerprint density at radius 3 is 2.42 bits per heavy atom. The van der Waals surface area contributed by atoms with Crippen LogP contribution in [0.4, 0.5) is 0 Å². The Kier molecular flexibility index (Phi) is 4.81. The van der Waals surface area contributed by atoms with Crippen LogP contribution in [0.1, 0.15) is 44.9 Å². The van der Waals surface area contributed by atoms with E-state index in [1.54, 1.807) is 0 Å². The maximum Gasteiger partial charge on any atom is 0.310 e. The fraction of sp³-hybridized carbons (Fsp3) is 0.917. The number of hydrogen-bond donors (Lipinski definition) is 1. The van der Waals surface area contributed by atoms with Gasteiger partial charge in [-0.25, -0.2) is 8.42 Å². The molecule has 0 aromatic heterocycles. The lowest BCUT2D eigenvalue weighted by molar-refractivity contribution is -0.145. The normalized spacial score (nSPS) is 28.7. The molecule has 0 heterocycles. The van der Waals surface area contributed by atoms with Crippen molar-refractivity contribution in [3.63, 3.8) is 0 Å². The van der Waals surface area contributed by atoms with Crippen molar-refractivity contribution in [1.82, 2.24) is 4.89 Å². The minimum absolute atomic E-state index is 0.0345. The van der Waals surface area contributed by atoms with Crippen LogP contribution in [0, 0.1) is 5.92 Å². The van der Waals surface area contributed by atoms with Gasteiger partial charge in [0.2, 0.25) is 10.0 Å². The van der Waals surface area contributed by atoms with E-state index in [0.717, 1.165) is 32.1 Å². The Morgan fingerprint density at radius 2 is 1.79 bits per heavy atom. The average molecular weight is 291 g/mol. The minimum atomic E-state index is -3.62. The molecule has 0 aromatic rings. The molecule has 2 saturated carbocycles. The van der Waals surface area contributed by atoms with E-state index in [-0.39, 0.29) is 6.10 Å². The topological polar surface area (TPSA) is 81.7 Å². The molecule has 0 aromatic carbocycles. The molecule has 0 spiro atoms. The molecule has 0 radical (unpaired) electrons. The van der Waals surface area contributed by atoms with Crippen LogP contribution in [0.25, 0.3) is 0 Å². The summed E-state index contributed by atoms with van der Waals surface area (Å²) in [5.74, 6) is -1.02. The molecule has 110 valence electrons. The highest BCUT2D eigenvalue weighted by Crippen LogP contribution is 2.32. The fourth-order valence-electron chi connectivity index (χ4n) is 2.92. The van der Waals surface area contributed by atoms with Crippen molar-refractivity contribution in [3.05, 3.63) is 0 Å². The maximum absolute atomic E-state index is 12.2. The van der Waals surface area contributed by atoms with E-state index in [1.165, 1.54) is 7.11 Å². The second-order valence-electron chi connectivity index (χ2n) is 5.25. The standard InChI is InChI=1S/C12H21NO5S/c1-17-12(14)10-7-4-8-11(10)19(15,16)13-18-9-5-2-3-6-9/h9-11,13H,2-8H2,1H3. The second-order valence-corrected chi connectivity index (χ2v) is 7.11. The van der Waals surface area contributed by atoms with Gasteiger partial charge in [0.15, 0.2) is 0 Å². The molecule has 0 aliphatic heterocycles. The van der Waals surface area contributed by atoms with Gasteiger partial charge in [-0.15, -0.1) is 0 Å². The van der Waals surface area contributed by atoms with Crippen LogP contribution in [-0.2, 0) is 24.4 Å². The molecule has 2 aliphatic carbocycles. The molecule has 2 aliphatic rings. The van der Waals surface area contributed by atoms with Crippen LogP contribution < -0.4 is 4.89 Å². The van der Waals surface area contributed by atoms with E-state index < -0.39 is 27.2 Å². The van der Waals surface area contributed by atoms with Crippen molar-refractivity contribution in [3.8, 4) is 0 Å². The summed E-state index contributed by atoms with van der Waals surface area (Å²) >= 11 is 0. The number of esters is 1. The summed E-state index contributed by atoms with van der Waals surface area (Å²) in [4.78, 5) is 19.0. The molecule has 6 nitrogen and oxygen atoms in total. The Balaban J connectivity index is 1.95. The van der Waals surface area contributed by atoms with Gasteiger partial charge < -0.3 is 4.74 Å². The number of methoxy groups -OCH3 is 1. The average Bonchev–Trinajstić information content (AvgIpc) is 3.06. The largest absolute Gasteiger partial charge is 0.469 e. The predicted molar refractivity (Wildman–Crippen MR) is 68.5 cm³/mol. The second kappa shape index (κ2) is 6.19. The maximum atomic E-state index is 12.2. The SMILES string of the molecule is COC(=O)C1CCCC1S(=O)(=O)NOC1CCCC1. The monoisotopic (exact) mass is 291 g/mol. The number of hydrogen-bond acceptors (Lipinski definition) is 5. The zero-order valence-electron chi connectivity index (χ0n) is 11.1. The Morgan fingerprint density at radius 1 is 1.11 bits per heavy atom.